The van der Waals surface area contributed by atoms with Gasteiger partial charge in [-0.1, -0.05) is 6.92 Å². The second-order valence-electron chi connectivity index (χ2n) is 4.10. The van der Waals surface area contributed by atoms with Crippen LogP contribution in [0.15, 0.2) is 29.0 Å². The van der Waals surface area contributed by atoms with Crippen molar-refractivity contribution in [2.75, 3.05) is 0 Å². The Kier molecular flexibility index (Phi) is 3.66. The Balaban J connectivity index is 2.37. The molecule has 90 valence electrons. The van der Waals surface area contributed by atoms with Crippen LogP contribution >= 0.6 is 0 Å². The molecule has 1 aromatic heterocycles. The van der Waals surface area contributed by atoms with E-state index in [1.165, 1.54) is 5.57 Å². The fraction of sp³-hybridized carbons (Fsp3) is 0.385. The van der Waals surface area contributed by atoms with E-state index in [1.807, 2.05) is 18.5 Å². The van der Waals surface area contributed by atoms with E-state index in [4.69, 9.17) is 0 Å². The lowest BCUT2D eigenvalue weighted by molar-refractivity contribution is 0.254. The predicted octanol–water partition coefficient (Wildman–Crippen LogP) is 1.53. The minimum Gasteiger partial charge on any atom is -0.392 e. The monoisotopic (exact) mass is 232 g/mol. The first kappa shape index (κ1) is 12.0. The molecule has 0 saturated carbocycles. The van der Waals surface area contributed by atoms with Gasteiger partial charge in [-0.05, 0) is 17.2 Å². The number of hydrogen-bond donors (Lipinski definition) is 2. The van der Waals surface area contributed by atoms with E-state index in [9.17, 15) is 10.2 Å². The minimum absolute atomic E-state index is 0.0997. The molecule has 4 nitrogen and oxygen atoms in total. The van der Waals surface area contributed by atoms with Crippen molar-refractivity contribution in [1.29, 1.82) is 0 Å². The summed E-state index contributed by atoms with van der Waals surface area (Å²) in [5, 5.41) is 18.6. The normalized spacial score (nSPS) is 16.1. The van der Waals surface area contributed by atoms with Gasteiger partial charge < -0.3 is 10.2 Å². The highest BCUT2D eigenvalue weighted by molar-refractivity contribution is 5.66. The number of nitrogens with zero attached hydrogens (tertiary/aromatic N) is 2. The van der Waals surface area contributed by atoms with E-state index in [-0.39, 0.29) is 19.1 Å². The Hall–Kier alpha value is -1.52. The van der Waals surface area contributed by atoms with Gasteiger partial charge in [-0.2, -0.15) is 0 Å². The smallest absolute Gasteiger partial charge is 0.0856 e. The third-order valence-electron chi connectivity index (χ3n) is 3.18. The first-order valence-electron chi connectivity index (χ1n) is 5.66. The highest BCUT2D eigenvalue weighted by Gasteiger charge is 2.18. The van der Waals surface area contributed by atoms with Gasteiger partial charge in [0.1, 0.15) is 0 Å². The molecule has 1 aliphatic rings. The third kappa shape index (κ3) is 2.28. The molecule has 1 aromatic rings. The number of allylic oxidation sites excluding steroid dienone is 1. The highest BCUT2D eigenvalue weighted by Crippen LogP contribution is 2.31. The van der Waals surface area contributed by atoms with Crippen molar-refractivity contribution < 1.29 is 10.2 Å². The molecule has 0 saturated heterocycles. The van der Waals surface area contributed by atoms with Gasteiger partial charge in [-0.25, -0.2) is 0 Å². The molecular formula is C13H16N2O2. The average Bonchev–Trinajstić information content (AvgIpc) is 2.90. The van der Waals surface area contributed by atoms with Crippen molar-refractivity contribution in [3.63, 3.8) is 0 Å². The van der Waals surface area contributed by atoms with Crippen LogP contribution in [0.1, 0.15) is 36.1 Å². The fourth-order valence-electron chi connectivity index (χ4n) is 2.12. The molecule has 17 heavy (non-hydrogen) atoms. The van der Waals surface area contributed by atoms with Gasteiger partial charge in [0.05, 0.1) is 18.9 Å². The zero-order valence-corrected chi connectivity index (χ0v) is 9.80. The molecule has 0 aliphatic carbocycles. The topological polar surface area (TPSA) is 65.7 Å². The number of aliphatic hydroxyl groups is 2. The second kappa shape index (κ2) is 5.21. The van der Waals surface area contributed by atoms with Gasteiger partial charge in [0.2, 0.25) is 0 Å². The van der Waals surface area contributed by atoms with Crippen molar-refractivity contribution >= 4 is 6.21 Å². The molecule has 0 spiro atoms. The van der Waals surface area contributed by atoms with E-state index >= 15 is 0 Å². The van der Waals surface area contributed by atoms with E-state index in [1.54, 1.807) is 6.20 Å². The number of hydrogen-bond acceptors (Lipinski definition) is 4. The Morgan fingerprint density at radius 1 is 1.35 bits per heavy atom. The molecule has 1 unspecified atom stereocenters. The van der Waals surface area contributed by atoms with E-state index in [0.29, 0.717) is 5.69 Å². The summed E-state index contributed by atoms with van der Waals surface area (Å²) in [6.45, 7) is 1.83. The van der Waals surface area contributed by atoms with Gasteiger partial charge in [0.15, 0.2) is 0 Å². The van der Waals surface area contributed by atoms with Crippen LogP contribution in [0.5, 0.6) is 0 Å². The lowest BCUT2D eigenvalue weighted by atomic mass is 9.89. The number of aliphatic imine (C=N–C) groups is 1. The molecule has 1 aliphatic heterocycles. The summed E-state index contributed by atoms with van der Waals surface area (Å²) in [5.74, 6) is 0.188. The summed E-state index contributed by atoms with van der Waals surface area (Å²) in [7, 11) is 0. The van der Waals surface area contributed by atoms with Gasteiger partial charge in [-0.15, -0.1) is 0 Å². The second-order valence-corrected chi connectivity index (χ2v) is 4.10. The minimum atomic E-state index is -0.147. The molecule has 0 radical (unpaired) electrons. The largest absolute Gasteiger partial charge is 0.392 e. The highest BCUT2D eigenvalue weighted by atomic mass is 16.3. The first-order chi connectivity index (χ1) is 8.27. The van der Waals surface area contributed by atoms with Gasteiger partial charge in [0, 0.05) is 36.5 Å². The van der Waals surface area contributed by atoms with Crippen LogP contribution in [0.3, 0.4) is 0 Å². The quantitative estimate of drug-likeness (QED) is 0.827. The lowest BCUT2D eigenvalue weighted by Crippen LogP contribution is -2.07. The Bertz CT molecular complexity index is 466. The average molecular weight is 232 g/mol. The Morgan fingerprint density at radius 2 is 2.18 bits per heavy atom. The van der Waals surface area contributed by atoms with Crippen molar-refractivity contribution in [3.05, 3.63) is 40.9 Å². The standard InChI is InChI=1S/C13H16N2O2/c1-9(10-2-4-14-6-10)11-3-5-15-13(8-17)12(11)7-16/h3-6,9,16-17H,2,7-8H2,1H3. The maximum absolute atomic E-state index is 9.42. The number of rotatable bonds is 4. The van der Waals surface area contributed by atoms with Crippen LogP contribution in [0, 0.1) is 0 Å². The van der Waals surface area contributed by atoms with Crippen molar-refractivity contribution in [2.24, 2.45) is 4.99 Å². The summed E-state index contributed by atoms with van der Waals surface area (Å²) in [6.07, 6.45) is 6.26. The van der Waals surface area contributed by atoms with E-state index in [0.717, 1.165) is 17.5 Å². The van der Waals surface area contributed by atoms with Crippen molar-refractivity contribution in [3.8, 4) is 0 Å². The number of pyridine rings is 1. The maximum atomic E-state index is 9.42. The fourth-order valence-corrected chi connectivity index (χ4v) is 2.12. The summed E-state index contributed by atoms with van der Waals surface area (Å²) < 4.78 is 0. The summed E-state index contributed by atoms with van der Waals surface area (Å²) in [6, 6.07) is 1.90. The Labute approximate surface area is 100 Å². The van der Waals surface area contributed by atoms with Gasteiger partial charge in [-0.3, -0.25) is 9.98 Å². The summed E-state index contributed by atoms with van der Waals surface area (Å²) in [4.78, 5) is 8.17. The predicted molar refractivity (Wildman–Crippen MR) is 65.7 cm³/mol. The Morgan fingerprint density at radius 3 is 2.76 bits per heavy atom. The van der Waals surface area contributed by atoms with Crippen LogP contribution in [-0.4, -0.2) is 21.4 Å². The zero-order chi connectivity index (χ0) is 12.3. The number of aromatic nitrogens is 1. The van der Waals surface area contributed by atoms with Crippen LogP contribution in [0.25, 0.3) is 0 Å². The molecule has 0 bridgehead atoms. The van der Waals surface area contributed by atoms with Crippen LogP contribution in [0.4, 0.5) is 0 Å². The molecule has 1 atom stereocenters. The number of aliphatic hydroxyl groups excluding tert-OH is 2. The van der Waals surface area contributed by atoms with Crippen molar-refractivity contribution in [1.82, 2.24) is 4.98 Å². The molecule has 2 heterocycles. The third-order valence-corrected chi connectivity index (χ3v) is 3.18. The summed E-state index contributed by atoms with van der Waals surface area (Å²) in [5.41, 5.74) is 3.52. The van der Waals surface area contributed by atoms with Crippen LogP contribution in [0.2, 0.25) is 0 Å². The van der Waals surface area contributed by atoms with Gasteiger partial charge in [0.25, 0.3) is 0 Å². The lowest BCUT2D eigenvalue weighted by Gasteiger charge is -2.17. The first-order valence-corrected chi connectivity index (χ1v) is 5.66. The van der Waals surface area contributed by atoms with Crippen LogP contribution < -0.4 is 0 Å². The molecule has 0 fully saturated rings. The molecule has 2 rings (SSSR count). The van der Waals surface area contributed by atoms with Crippen molar-refractivity contribution in [2.45, 2.75) is 32.5 Å². The molecule has 2 N–H and O–H groups in total. The van der Waals surface area contributed by atoms with Crippen LogP contribution in [-0.2, 0) is 13.2 Å². The molecule has 4 heteroatoms. The van der Waals surface area contributed by atoms with E-state index < -0.39 is 0 Å². The molecule has 0 amide bonds. The zero-order valence-electron chi connectivity index (χ0n) is 9.80. The maximum Gasteiger partial charge on any atom is 0.0856 e. The van der Waals surface area contributed by atoms with Gasteiger partial charge >= 0.3 is 0 Å². The SMILES string of the molecule is CC(C1=CN=CC1)c1ccnc(CO)c1CO. The van der Waals surface area contributed by atoms with E-state index in [2.05, 4.69) is 16.9 Å². The molecular weight excluding hydrogens is 216 g/mol. The molecule has 0 aromatic carbocycles. The summed E-state index contributed by atoms with van der Waals surface area (Å²) >= 11 is 0.